The van der Waals surface area contributed by atoms with Gasteiger partial charge in [0.2, 0.25) is 0 Å². The Bertz CT molecular complexity index is 528. The van der Waals surface area contributed by atoms with Crippen LogP contribution in [0.25, 0.3) is 0 Å². The quantitative estimate of drug-likeness (QED) is 0.590. The van der Waals surface area contributed by atoms with Gasteiger partial charge < -0.3 is 5.32 Å². The molecular formula is C17H20FNS. The Morgan fingerprint density at radius 3 is 2.55 bits per heavy atom. The first kappa shape index (κ1) is 15.1. The third-order valence-corrected chi connectivity index (χ3v) is 4.11. The molecule has 0 amide bonds. The van der Waals surface area contributed by atoms with E-state index >= 15 is 0 Å². The van der Waals surface area contributed by atoms with Gasteiger partial charge in [0.1, 0.15) is 5.82 Å². The van der Waals surface area contributed by atoms with Crippen molar-refractivity contribution in [2.75, 3.05) is 6.54 Å². The fourth-order valence-corrected chi connectivity index (χ4v) is 2.79. The number of halogens is 1. The molecule has 0 spiro atoms. The van der Waals surface area contributed by atoms with Gasteiger partial charge in [0.15, 0.2) is 0 Å². The average molecular weight is 289 g/mol. The number of hydrogen-bond donors (Lipinski definition) is 1. The Labute approximate surface area is 124 Å². The first-order chi connectivity index (χ1) is 9.79. The van der Waals surface area contributed by atoms with E-state index in [0.717, 1.165) is 30.8 Å². The summed E-state index contributed by atoms with van der Waals surface area (Å²) in [5.41, 5.74) is 2.21. The summed E-state index contributed by atoms with van der Waals surface area (Å²) in [5.74, 6) is 0.673. The van der Waals surface area contributed by atoms with Crippen LogP contribution in [0.1, 0.15) is 24.5 Å². The first-order valence-electron chi connectivity index (χ1n) is 6.95. The summed E-state index contributed by atoms with van der Waals surface area (Å²) in [5, 5.41) is 3.28. The zero-order valence-electron chi connectivity index (χ0n) is 11.7. The molecule has 0 aliphatic carbocycles. The minimum Gasteiger partial charge on any atom is -0.313 e. The fourth-order valence-electron chi connectivity index (χ4n) is 1.92. The molecule has 106 valence electrons. The lowest BCUT2D eigenvalue weighted by Gasteiger charge is -2.07. The van der Waals surface area contributed by atoms with Crippen molar-refractivity contribution < 1.29 is 4.39 Å². The minimum atomic E-state index is -0.123. The SMILES string of the molecule is CCCNCc1ccc(SCc2ccccc2)c(F)c1. The maximum Gasteiger partial charge on any atom is 0.137 e. The molecule has 0 atom stereocenters. The zero-order valence-corrected chi connectivity index (χ0v) is 12.5. The topological polar surface area (TPSA) is 12.0 Å². The van der Waals surface area contributed by atoms with Gasteiger partial charge in [-0.05, 0) is 36.2 Å². The van der Waals surface area contributed by atoms with Crippen molar-refractivity contribution >= 4 is 11.8 Å². The average Bonchev–Trinajstić information content (AvgIpc) is 2.48. The van der Waals surface area contributed by atoms with Crippen LogP contribution in [0.5, 0.6) is 0 Å². The Morgan fingerprint density at radius 1 is 1.05 bits per heavy atom. The highest BCUT2D eigenvalue weighted by molar-refractivity contribution is 7.98. The van der Waals surface area contributed by atoms with Crippen LogP contribution >= 0.6 is 11.8 Å². The molecule has 0 aliphatic rings. The monoisotopic (exact) mass is 289 g/mol. The van der Waals surface area contributed by atoms with E-state index in [0.29, 0.717) is 4.90 Å². The fraction of sp³-hybridized carbons (Fsp3) is 0.294. The summed E-state index contributed by atoms with van der Waals surface area (Å²) in [6.45, 7) is 3.82. The molecule has 0 aliphatic heterocycles. The normalized spacial score (nSPS) is 10.7. The van der Waals surface area contributed by atoms with Crippen molar-refractivity contribution in [3.63, 3.8) is 0 Å². The second-order valence-corrected chi connectivity index (χ2v) is 5.73. The lowest BCUT2D eigenvalue weighted by atomic mass is 10.2. The number of thioether (sulfide) groups is 1. The van der Waals surface area contributed by atoms with Crippen molar-refractivity contribution in [1.82, 2.24) is 5.32 Å². The Hall–Kier alpha value is -1.32. The molecule has 0 saturated carbocycles. The van der Waals surface area contributed by atoms with Crippen LogP contribution < -0.4 is 5.32 Å². The highest BCUT2D eigenvalue weighted by Crippen LogP contribution is 2.26. The first-order valence-corrected chi connectivity index (χ1v) is 7.94. The Balaban J connectivity index is 1.92. The van der Waals surface area contributed by atoms with Crippen LogP contribution in [0.3, 0.4) is 0 Å². The number of benzene rings is 2. The maximum absolute atomic E-state index is 14.0. The van der Waals surface area contributed by atoms with Crippen molar-refractivity contribution in [2.45, 2.75) is 30.5 Å². The van der Waals surface area contributed by atoms with Crippen molar-refractivity contribution in [3.05, 3.63) is 65.5 Å². The van der Waals surface area contributed by atoms with E-state index in [9.17, 15) is 4.39 Å². The predicted octanol–water partition coefficient (Wildman–Crippen LogP) is 4.62. The molecule has 3 heteroatoms. The molecule has 0 bridgehead atoms. The molecular weight excluding hydrogens is 269 g/mol. The molecule has 0 radical (unpaired) electrons. The van der Waals surface area contributed by atoms with Gasteiger partial charge in [-0.15, -0.1) is 11.8 Å². The van der Waals surface area contributed by atoms with Gasteiger partial charge in [0.05, 0.1) is 0 Å². The summed E-state index contributed by atoms with van der Waals surface area (Å²) >= 11 is 1.54. The van der Waals surface area contributed by atoms with Gasteiger partial charge >= 0.3 is 0 Å². The molecule has 1 nitrogen and oxygen atoms in total. The van der Waals surface area contributed by atoms with E-state index in [4.69, 9.17) is 0 Å². The van der Waals surface area contributed by atoms with Crippen LogP contribution in [-0.4, -0.2) is 6.54 Å². The third-order valence-electron chi connectivity index (χ3n) is 2.99. The molecule has 20 heavy (non-hydrogen) atoms. The molecule has 0 fully saturated rings. The summed E-state index contributed by atoms with van der Waals surface area (Å²) in [6, 6.07) is 15.7. The number of hydrogen-bond acceptors (Lipinski definition) is 2. The number of rotatable bonds is 7. The van der Waals surface area contributed by atoms with Crippen LogP contribution in [0.15, 0.2) is 53.4 Å². The van der Waals surface area contributed by atoms with Crippen LogP contribution in [-0.2, 0) is 12.3 Å². The smallest absolute Gasteiger partial charge is 0.137 e. The highest BCUT2D eigenvalue weighted by Gasteiger charge is 2.04. The van der Waals surface area contributed by atoms with Crippen molar-refractivity contribution in [3.8, 4) is 0 Å². The third kappa shape index (κ3) is 4.66. The van der Waals surface area contributed by atoms with Gasteiger partial charge in [0.25, 0.3) is 0 Å². The predicted molar refractivity (Wildman–Crippen MR) is 84.4 cm³/mol. The molecule has 1 N–H and O–H groups in total. The van der Waals surface area contributed by atoms with Gasteiger partial charge in [0, 0.05) is 17.2 Å². The van der Waals surface area contributed by atoms with Crippen molar-refractivity contribution in [2.24, 2.45) is 0 Å². The van der Waals surface area contributed by atoms with E-state index in [1.165, 1.54) is 5.56 Å². The second-order valence-electron chi connectivity index (χ2n) is 4.72. The summed E-state index contributed by atoms with van der Waals surface area (Å²) < 4.78 is 14.0. The number of nitrogens with one attached hydrogen (secondary N) is 1. The van der Waals surface area contributed by atoms with Crippen LogP contribution in [0, 0.1) is 5.82 Å². The molecule has 0 heterocycles. The molecule has 0 unspecified atom stereocenters. The highest BCUT2D eigenvalue weighted by atomic mass is 32.2. The van der Waals surface area contributed by atoms with Gasteiger partial charge in [-0.1, -0.05) is 43.3 Å². The molecule has 2 aromatic rings. The van der Waals surface area contributed by atoms with Gasteiger partial charge in [-0.3, -0.25) is 0 Å². The summed E-state index contributed by atoms with van der Waals surface area (Å²) in [6.07, 6.45) is 1.09. The van der Waals surface area contributed by atoms with E-state index in [1.807, 2.05) is 30.3 Å². The van der Waals surface area contributed by atoms with Crippen LogP contribution in [0.4, 0.5) is 4.39 Å². The maximum atomic E-state index is 14.0. The van der Waals surface area contributed by atoms with E-state index in [1.54, 1.807) is 17.8 Å². The molecule has 0 aromatic heterocycles. The standard InChI is InChI=1S/C17H20FNS/c1-2-10-19-12-15-8-9-17(16(18)11-15)20-13-14-6-4-3-5-7-14/h3-9,11,19H,2,10,12-13H2,1H3. The van der Waals surface area contributed by atoms with Gasteiger partial charge in [-0.2, -0.15) is 0 Å². The van der Waals surface area contributed by atoms with E-state index in [-0.39, 0.29) is 5.82 Å². The lowest BCUT2D eigenvalue weighted by Crippen LogP contribution is -2.13. The summed E-state index contributed by atoms with van der Waals surface area (Å²) in [7, 11) is 0. The Kier molecular flexibility index (Phi) is 6.09. The summed E-state index contributed by atoms with van der Waals surface area (Å²) in [4.78, 5) is 0.716. The minimum absolute atomic E-state index is 0.123. The van der Waals surface area contributed by atoms with Gasteiger partial charge in [-0.25, -0.2) is 4.39 Å². The molecule has 2 aromatic carbocycles. The van der Waals surface area contributed by atoms with Crippen molar-refractivity contribution in [1.29, 1.82) is 0 Å². The molecule has 2 rings (SSSR count). The lowest BCUT2D eigenvalue weighted by molar-refractivity contribution is 0.595. The zero-order chi connectivity index (χ0) is 14.2. The largest absolute Gasteiger partial charge is 0.313 e. The molecule has 0 saturated heterocycles. The Morgan fingerprint density at radius 2 is 1.85 bits per heavy atom. The van der Waals surface area contributed by atoms with Crippen LogP contribution in [0.2, 0.25) is 0 Å². The van der Waals surface area contributed by atoms with E-state index < -0.39 is 0 Å². The van der Waals surface area contributed by atoms with E-state index in [2.05, 4.69) is 24.4 Å². The second kappa shape index (κ2) is 8.08.